The van der Waals surface area contributed by atoms with Gasteiger partial charge in [0.05, 0.1) is 16.3 Å². The first-order chi connectivity index (χ1) is 17.3. The molecule has 0 saturated heterocycles. The van der Waals surface area contributed by atoms with Gasteiger partial charge in [-0.25, -0.2) is 12.8 Å². The minimum absolute atomic E-state index is 0.0417. The number of nitrogens with zero attached hydrogens (tertiary/aromatic N) is 1. The van der Waals surface area contributed by atoms with Gasteiger partial charge in [0, 0.05) is 15.7 Å². The maximum absolute atomic E-state index is 14.7. The van der Waals surface area contributed by atoms with Crippen molar-refractivity contribution in [3.63, 3.8) is 0 Å². The van der Waals surface area contributed by atoms with Gasteiger partial charge in [-0.1, -0.05) is 66.2 Å². The molecule has 0 heterocycles. The lowest BCUT2D eigenvalue weighted by atomic mass is 10.2. The Morgan fingerprint density at radius 1 is 0.861 bits per heavy atom. The lowest BCUT2D eigenvalue weighted by Gasteiger charge is -2.24. The molecular weight excluding hydrogens is 519 g/mol. The number of halogens is 2. The zero-order valence-electron chi connectivity index (χ0n) is 19.0. The van der Waals surface area contributed by atoms with Crippen LogP contribution in [0.4, 0.5) is 15.8 Å². The number of anilines is 2. The molecule has 36 heavy (non-hydrogen) atoms. The Kier molecular flexibility index (Phi) is 8.30. The Hall–Kier alpha value is -3.33. The first-order valence-electron chi connectivity index (χ1n) is 10.9. The molecule has 0 saturated carbocycles. The molecule has 0 atom stereocenters. The van der Waals surface area contributed by atoms with Crippen LogP contribution in [0.1, 0.15) is 5.56 Å². The maximum atomic E-state index is 14.7. The highest BCUT2D eigenvalue weighted by Crippen LogP contribution is 2.31. The number of hydrogen-bond donors (Lipinski definition) is 1. The molecule has 4 aromatic carbocycles. The van der Waals surface area contributed by atoms with Crippen molar-refractivity contribution in [3.8, 4) is 0 Å². The maximum Gasteiger partial charge on any atom is 0.264 e. The number of carbonyl (C=O) groups is 1. The fourth-order valence-corrected chi connectivity index (χ4v) is 5.97. The Morgan fingerprint density at radius 2 is 1.50 bits per heavy atom. The smallest absolute Gasteiger partial charge is 0.264 e. The van der Waals surface area contributed by atoms with Crippen LogP contribution in [0.5, 0.6) is 0 Å². The monoisotopic (exact) mass is 540 g/mol. The van der Waals surface area contributed by atoms with Crippen LogP contribution in [0.15, 0.2) is 113 Å². The van der Waals surface area contributed by atoms with Crippen molar-refractivity contribution in [3.05, 3.63) is 120 Å². The van der Waals surface area contributed by atoms with Crippen LogP contribution < -0.4 is 9.62 Å². The Balaban J connectivity index is 1.56. The SMILES string of the molecule is O=C(CN(c1ccccc1F)S(=O)(=O)c1ccccc1)Nc1ccccc1SCc1ccc(Cl)cc1. The van der Waals surface area contributed by atoms with Crippen molar-refractivity contribution < 1.29 is 17.6 Å². The molecule has 0 aliphatic rings. The molecule has 0 radical (unpaired) electrons. The number of hydrogen-bond acceptors (Lipinski definition) is 4. The van der Waals surface area contributed by atoms with Crippen molar-refractivity contribution in [2.45, 2.75) is 15.5 Å². The van der Waals surface area contributed by atoms with Gasteiger partial charge in [-0.2, -0.15) is 0 Å². The number of sulfonamides is 1. The summed E-state index contributed by atoms with van der Waals surface area (Å²) in [5.74, 6) is -0.700. The standard InChI is InChI=1S/C27H22ClFN2O3S2/c28-21-16-14-20(15-17-21)19-35-26-13-7-5-11-24(26)30-27(32)18-31(25-12-6-4-10-23(25)29)36(33,34)22-8-2-1-3-9-22/h1-17H,18-19H2,(H,30,32). The highest BCUT2D eigenvalue weighted by molar-refractivity contribution is 7.98. The predicted octanol–water partition coefficient (Wildman–Crippen LogP) is 6.61. The molecule has 184 valence electrons. The fraction of sp³-hybridized carbons (Fsp3) is 0.0741. The summed E-state index contributed by atoms with van der Waals surface area (Å²) in [4.78, 5) is 13.9. The molecule has 0 bridgehead atoms. The molecule has 0 aliphatic heterocycles. The first kappa shape index (κ1) is 25.8. The average Bonchev–Trinajstić information content (AvgIpc) is 2.89. The van der Waals surface area contributed by atoms with E-state index in [1.54, 1.807) is 30.3 Å². The van der Waals surface area contributed by atoms with Crippen LogP contribution >= 0.6 is 23.4 Å². The second-order valence-electron chi connectivity index (χ2n) is 7.74. The molecule has 0 unspecified atom stereocenters. The summed E-state index contributed by atoms with van der Waals surface area (Å²) in [6.45, 7) is -0.603. The number of thioether (sulfide) groups is 1. The Labute approximate surface area is 219 Å². The molecule has 0 aliphatic carbocycles. The largest absolute Gasteiger partial charge is 0.323 e. The lowest BCUT2D eigenvalue weighted by Crippen LogP contribution is -2.38. The minimum atomic E-state index is -4.21. The molecule has 0 aromatic heterocycles. The zero-order chi connectivity index (χ0) is 25.5. The molecule has 0 fully saturated rings. The molecule has 5 nitrogen and oxygen atoms in total. The highest BCUT2D eigenvalue weighted by atomic mass is 35.5. The van der Waals surface area contributed by atoms with Crippen molar-refractivity contribution in [1.29, 1.82) is 0 Å². The second-order valence-corrected chi connectivity index (χ2v) is 11.1. The van der Waals surface area contributed by atoms with Gasteiger partial charge >= 0.3 is 0 Å². The van der Waals surface area contributed by atoms with E-state index in [-0.39, 0.29) is 10.6 Å². The number of rotatable bonds is 9. The van der Waals surface area contributed by atoms with Crippen LogP contribution in [0, 0.1) is 5.82 Å². The summed E-state index contributed by atoms with van der Waals surface area (Å²) < 4.78 is 42.2. The third-order valence-corrected chi connectivity index (χ3v) is 8.38. The lowest BCUT2D eigenvalue weighted by molar-refractivity contribution is -0.114. The fourth-order valence-electron chi connectivity index (χ4n) is 3.43. The molecule has 4 rings (SSSR count). The van der Waals surface area contributed by atoms with Gasteiger partial charge in [0.2, 0.25) is 5.91 Å². The normalized spacial score (nSPS) is 11.2. The van der Waals surface area contributed by atoms with E-state index in [4.69, 9.17) is 11.6 Å². The van der Waals surface area contributed by atoms with E-state index in [9.17, 15) is 17.6 Å². The van der Waals surface area contributed by atoms with Gasteiger partial charge in [0.15, 0.2) is 0 Å². The predicted molar refractivity (Wildman–Crippen MR) is 143 cm³/mol. The topological polar surface area (TPSA) is 66.5 Å². The summed E-state index contributed by atoms with van der Waals surface area (Å²) in [5.41, 5.74) is 1.39. The van der Waals surface area contributed by atoms with Crippen LogP contribution in [-0.4, -0.2) is 20.9 Å². The van der Waals surface area contributed by atoms with Crippen molar-refractivity contribution >= 4 is 50.7 Å². The van der Waals surface area contributed by atoms with E-state index in [2.05, 4.69) is 5.32 Å². The quantitative estimate of drug-likeness (QED) is 0.243. The third-order valence-electron chi connectivity index (χ3n) is 5.21. The molecule has 9 heteroatoms. The van der Waals surface area contributed by atoms with Crippen LogP contribution in [0.3, 0.4) is 0 Å². The molecule has 4 aromatic rings. The van der Waals surface area contributed by atoms with E-state index in [1.807, 2.05) is 36.4 Å². The second kappa shape index (κ2) is 11.6. The van der Waals surface area contributed by atoms with Crippen LogP contribution in [0.2, 0.25) is 5.02 Å². The molecule has 0 spiro atoms. The van der Waals surface area contributed by atoms with E-state index in [0.29, 0.717) is 16.5 Å². The number of nitrogens with one attached hydrogen (secondary N) is 1. The summed E-state index contributed by atoms with van der Waals surface area (Å²) in [5, 5.41) is 3.44. The highest BCUT2D eigenvalue weighted by Gasteiger charge is 2.29. The summed E-state index contributed by atoms with van der Waals surface area (Å²) in [6, 6.07) is 27.8. The van der Waals surface area contributed by atoms with Crippen molar-refractivity contribution in [1.82, 2.24) is 0 Å². The molecule has 1 N–H and O–H groups in total. The zero-order valence-corrected chi connectivity index (χ0v) is 21.4. The first-order valence-corrected chi connectivity index (χ1v) is 13.7. The van der Waals surface area contributed by atoms with Gasteiger partial charge in [0.25, 0.3) is 10.0 Å². The van der Waals surface area contributed by atoms with Gasteiger partial charge < -0.3 is 5.32 Å². The minimum Gasteiger partial charge on any atom is -0.323 e. The van der Waals surface area contributed by atoms with E-state index >= 15 is 0 Å². The van der Waals surface area contributed by atoms with E-state index < -0.39 is 28.3 Å². The number of carbonyl (C=O) groups excluding carboxylic acids is 1. The Morgan fingerprint density at radius 3 is 2.22 bits per heavy atom. The summed E-state index contributed by atoms with van der Waals surface area (Å²) >= 11 is 7.47. The number of amides is 1. The van der Waals surface area contributed by atoms with Crippen LogP contribution in [0.25, 0.3) is 0 Å². The van der Waals surface area contributed by atoms with E-state index in [1.165, 1.54) is 42.1 Å². The van der Waals surface area contributed by atoms with Gasteiger partial charge in [-0.3, -0.25) is 9.10 Å². The van der Waals surface area contributed by atoms with E-state index in [0.717, 1.165) is 20.8 Å². The summed E-state index contributed by atoms with van der Waals surface area (Å²) in [6.07, 6.45) is 0. The number of benzene rings is 4. The number of para-hydroxylation sites is 2. The Bertz CT molecular complexity index is 1450. The third kappa shape index (κ3) is 6.26. The van der Waals surface area contributed by atoms with Gasteiger partial charge in [-0.15, -0.1) is 11.8 Å². The average molecular weight is 541 g/mol. The van der Waals surface area contributed by atoms with Crippen molar-refractivity contribution in [2.24, 2.45) is 0 Å². The molecule has 1 amide bonds. The van der Waals surface area contributed by atoms with Gasteiger partial charge in [-0.05, 0) is 54.1 Å². The van der Waals surface area contributed by atoms with Crippen LogP contribution in [-0.2, 0) is 20.6 Å². The van der Waals surface area contributed by atoms with Crippen molar-refractivity contribution in [2.75, 3.05) is 16.2 Å². The van der Waals surface area contributed by atoms with Gasteiger partial charge in [0.1, 0.15) is 12.4 Å². The summed E-state index contributed by atoms with van der Waals surface area (Å²) in [7, 11) is -4.21. The molecular formula is C27H22ClFN2O3S2.